The first-order chi connectivity index (χ1) is 14.0. The second-order valence-electron chi connectivity index (χ2n) is 13.2. The topological polar surface area (TPSA) is 20.2 Å². The highest BCUT2D eigenvalue weighted by atomic mass is 16.3. The SMILES string of the molecule is C=C(CC[C@@H](C)[C@H]1CCC2=C3CCC4C[C@@H](O)CC[C@]4(C)[C@H]3CC[C@@]21C)C(C)(C)C. The Morgan fingerprint density at radius 1 is 1.10 bits per heavy atom. The van der Waals surface area contributed by atoms with Crippen molar-refractivity contribution in [3.63, 3.8) is 0 Å². The molecule has 170 valence electrons. The van der Waals surface area contributed by atoms with Crippen LogP contribution < -0.4 is 0 Å². The summed E-state index contributed by atoms with van der Waals surface area (Å²) in [5, 5.41) is 10.3. The molecule has 0 radical (unpaired) electrons. The quantitative estimate of drug-likeness (QED) is 0.462. The molecule has 4 aliphatic rings. The molecule has 4 aliphatic carbocycles. The third-order valence-corrected chi connectivity index (χ3v) is 10.7. The van der Waals surface area contributed by atoms with E-state index in [9.17, 15) is 5.11 Å². The van der Waals surface area contributed by atoms with Crippen molar-refractivity contribution in [1.29, 1.82) is 0 Å². The molecule has 0 spiro atoms. The second kappa shape index (κ2) is 7.79. The summed E-state index contributed by atoms with van der Waals surface area (Å²) in [5.74, 6) is 3.20. The van der Waals surface area contributed by atoms with Crippen LogP contribution in [0.3, 0.4) is 0 Å². The Morgan fingerprint density at radius 3 is 2.53 bits per heavy atom. The van der Waals surface area contributed by atoms with Gasteiger partial charge in [0.25, 0.3) is 0 Å². The molecule has 0 amide bonds. The van der Waals surface area contributed by atoms with Crippen LogP contribution in [0.15, 0.2) is 23.3 Å². The lowest BCUT2D eigenvalue weighted by Crippen LogP contribution is -2.48. The van der Waals surface area contributed by atoms with Crippen molar-refractivity contribution in [2.45, 2.75) is 118 Å². The summed E-state index contributed by atoms with van der Waals surface area (Å²) in [7, 11) is 0. The van der Waals surface area contributed by atoms with Crippen molar-refractivity contribution in [3.8, 4) is 0 Å². The van der Waals surface area contributed by atoms with Gasteiger partial charge in [-0.15, -0.1) is 0 Å². The van der Waals surface area contributed by atoms with Gasteiger partial charge in [-0.3, -0.25) is 0 Å². The van der Waals surface area contributed by atoms with Crippen LogP contribution >= 0.6 is 0 Å². The number of fused-ring (bicyclic) bond motifs is 4. The van der Waals surface area contributed by atoms with Crippen molar-refractivity contribution in [2.24, 2.45) is 39.9 Å². The van der Waals surface area contributed by atoms with Gasteiger partial charge >= 0.3 is 0 Å². The highest BCUT2D eigenvalue weighted by molar-refractivity contribution is 5.34. The van der Waals surface area contributed by atoms with E-state index in [2.05, 4.69) is 48.1 Å². The molecule has 30 heavy (non-hydrogen) atoms. The minimum atomic E-state index is -0.0364. The van der Waals surface area contributed by atoms with Gasteiger partial charge in [-0.25, -0.2) is 0 Å². The maximum atomic E-state index is 10.3. The summed E-state index contributed by atoms with van der Waals surface area (Å²) in [6, 6.07) is 0. The fourth-order valence-electron chi connectivity index (χ4n) is 8.40. The number of aliphatic hydroxyl groups excluding tert-OH is 1. The predicted octanol–water partition coefficient (Wildman–Crippen LogP) is 8.09. The van der Waals surface area contributed by atoms with E-state index in [1.165, 1.54) is 63.4 Å². The Balaban J connectivity index is 1.52. The van der Waals surface area contributed by atoms with Crippen molar-refractivity contribution in [3.05, 3.63) is 23.3 Å². The van der Waals surface area contributed by atoms with Crippen LogP contribution in [0, 0.1) is 39.9 Å². The zero-order valence-electron chi connectivity index (χ0n) is 20.8. The van der Waals surface area contributed by atoms with Crippen LogP contribution in [-0.2, 0) is 0 Å². The molecule has 0 aromatic carbocycles. The summed E-state index contributed by atoms with van der Waals surface area (Å²) in [6.07, 6.45) is 14.0. The molecule has 0 saturated heterocycles. The molecule has 7 atom stereocenters. The van der Waals surface area contributed by atoms with Gasteiger partial charge in [-0.2, -0.15) is 0 Å². The fourth-order valence-corrected chi connectivity index (χ4v) is 8.40. The lowest BCUT2D eigenvalue weighted by Gasteiger charge is -2.56. The molecule has 3 fully saturated rings. The molecule has 1 N–H and O–H groups in total. The van der Waals surface area contributed by atoms with E-state index in [1.54, 1.807) is 0 Å². The minimum Gasteiger partial charge on any atom is -0.393 e. The zero-order chi connectivity index (χ0) is 21.9. The maximum Gasteiger partial charge on any atom is 0.0543 e. The monoisotopic (exact) mass is 412 g/mol. The smallest absolute Gasteiger partial charge is 0.0543 e. The minimum absolute atomic E-state index is 0.0364. The van der Waals surface area contributed by atoms with Crippen molar-refractivity contribution >= 4 is 0 Å². The van der Waals surface area contributed by atoms with Crippen LogP contribution in [-0.4, -0.2) is 11.2 Å². The third kappa shape index (κ3) is 3.66. The lowest BCUT2D eigenvalue weighted by molar-refractivity contribution is -0.0381. The highest BCUT2D eigenvalue weighted by Crippen LogP contribution is 2.65. The summed E-state index contributed by atoms with van der Waals surface area (Å²) in [6.45, 7) is 19.1. The maximum absolute atomic E-state index is 10.3. The summed E-state index contributed by atoms with van der Waals surface area (Å²) < 4.78 is 0. The lowest BCUT2D eigenvalue weighted by atomic mass is 9.49. The second-order valence-corrected chi connectivity index (χ2v) is 13.2. The largest absolute Gasteiger partial charge is 0.393 e. The van der Waals surface area contributed by atoms with Gasteiger partial charge in [0.05, 0.1) is 6.10 Å². The zero-order valence-corrected chi connectivity index (χ0v) is 20.8. The molecule has 4 rings (SSSR count). The molecular weight excluding hydrogens is 364 g/mol. The first-order valence-corrected chi connectivity index (χ1v) is 13.1. The molecule has 0 bridgehead atoms. The normalized spacial score (nSPS) is 42.4. The van der Waals surface area contributed by atoms with E-state index >= 15 is 0 Å². The van der Waals surface area contributed by atoms with Crippen LogP contribution in [0.5, 0.6) is 0 Å². The Hall–Kier alpha value is -0.560. The van der Waals surface area contributed by atoms with Gasteiger partial charge in [0, 0.05) is 0 Å². The highest BCUT2D eigenvalue weighted by Gasteiger charge is 2.55. The number of aliphatic hydroxyl groups is 1. The van der Waals surface area contributed by atoms with E-state index in [4.69, 9.17) is 0 Å². The average molecular weight is 413 g/mol. The molecule has 0 aromatic rings. The van der Waals surface area contributed by atoms with Crippen LogP contribution in [0.2, 0.25) is 0 Å². The van der Waals surface area contributed by atoms with Gasteiger partial charge in [-0.1, -0.05) is 64.8 Å². The van der Waals surface area contributed by atoms with Crippen molar-refractivity contribution < 1.29 is 5.11 Å². The first kappa shape index (κ1) is 22.6. The fraction of sp³-hybridized carbons (Fsp3) is 0.862. The molecule has 1 heteroatoms. The molecule has 0 aromatic heterocycles. The molecule has 1 unspecified atom stereocenters. The van der Waals surface area contributed by atoms with E-state index in [-0.39, 0.29) is 11.5 Å². The number of hydrogen-bond donors (Lipinski definition) is 1. The summed E-state index contributed by atoms with van der Waals surface area (Å²) in [5.41, 5.74) is 6.36. The number of hydrogen-bond acceptors (Lipinski definition) is 1. The van der Waals surface area contributed by atoms with Crippen LogP contribution in [0.1, 0.15) is 112 Å². The van der Waals surface area contributed by atoms with Gasteiger partial charge in [0.15, 0.2) is 0 Å². The van der Waals surface area contributed by atoms with E-state index in [0.29, 0.717) is 10.8 Å². The van der Waals surface area contributed by atoms with Gasteiger partial charge in [0.2, 0.25) is 0 Å². The Morgan fingerprint density at radius 2 is 1.83 bits per heavy atom. The standard InChI is InChI=1S/C29H48O/c1-19(8-9-20(2)27(3,4)5)24-12-13-25-23-11-10-21-18-22(30)14-16-28(21,6)26(23)15-17-29(24,25)7/h19,21-22,24,26,30H,2,8-18H2,1,3-7H3/t19-,21?,22+,24-,26+,28+,29-/m1/s1. The van der Waals surface area contributed by atoms with E-state index in [0.717, 1.165) is 36.5 Å². The first-order valence-electron chi connectivity index (χ1n) is 13.1. The van der Waals surface area contributed by atoms with E-state index in [1.807, 2.05) is 11.1 Å². The Kier molecular flexibility index (Phi) is 5.87. The average Bonchev–Trinajstić information content (AvgIpc) is 3.03. The molecule has 0 aliphatic heterocycles. The molecule has 3 saturated carbocycles. The molecular formula is C29H48O. The predicted molar refractivity (Wildman–Crippen MR) is 128 cm³/mol. The van der Waals surface area contributed by atoms with Gasteiger partial charge < -0.3 is 5.11 Å². The number of rotatable bonds is 4. The molecule has 1 nitrogen and oxygen atoms in total. The van der Waals surface area contributed by atoms with Gasteiger partial charge in [-0.05, 0) is 111 Å². The van der Waals surface area contributed by atoms with E-state index < -0.39 is 0 Å². The summed E-state index contributed by atoms with van der Waals surface area (Å²) >= 11 is 0. The van der Waals surface area contributed by atoms with Crippen molar-refractivity contribution in [1.82, 2.24) is 0 Å². The van der Waals surface area contributed by atoms with Crippen LogP contribution in [0.4, 0.5) is 0 Å². The number of allylic oxidation sites excluding steroid dienone is 3. The Labute approximate surface area is 186 Å². The van der Waals surface area contributed by atoms with Crippen molar-refractivity contribution in [2.75, 3.05) is 0 Å². The van der Waals surface area contributed by atoms with Crippen LogP contribution in [0.25, 0.3) is 0 Å². The summed E-state index contributed by atoms with van der Waals surface area (Å²) in [4.78, 5) is 0. The van der Waals surface area contributed by atoms with Gasteiger partial charge in [0.1, 0.15) is 0 Å². The third-order valence-electron chi connectivity index (χ3n) is 10.7. The molecule has 0 heterocycles. The Bertz CT molecular complexity index is 708.